The van der Waals surface area contributed by atoms with Crippen molar-refractivity contribution in [1.29, 1.82) is 0 Å². The molecule has 0 bridgehead atoms. The molecule has 0 atom stereocenters. The molecule has 0 amide bonds. The predicted octanol–water partition coefficient (Wildman–Crippen LogP) is 2.71. The van der Waals surface area contributed by atoms with Gasteiger partial charge in [-0.1, -0.05) is 11.6 Å². The van der Waals surface area contributed by atoms with E-state index in [2.05, 4.69) is 4.74 Å². The number of rotatable bonds is 3. The van der Waals surface area contributed by atoms with E-state index in [9.17, 15) is 20.0 Å². The number of hydrogen-bond donors (Lipinski definition) is 1. The lowest BCUT2D eigenvalue weighted by Crippen LogP contribution is -2.08. The number of benzene rings is 1. The molecule has 0 heterocycles. The summed E-state index contributed by atoms with van der Waals surface area (Å²) in [4.78, 5) is 21.7. The second kappa shape index (κ2) is 5.50. The van der Waals surface area contributed by atoms with Crippen LogP contribution in [0.25, 0.3) is 5.57 Å². The van der Waals surface area contributed by atoms with E-state index >= 15 is 0 Å². The van der Waals surface area contributed by atoms with Crippen molar-refractivity contribution in [2.24, 2.45) is 0 Å². The van der Waals surface area contributed by atoms with E-state index in [1.807, 2.05) is 0 Å². The highest BCUT2D eigenvalue weighted by molar-refractivity contribution is 6.31. The van der Waals surface area contributed by atoms with E-state index in [1.54, 1.807) is 0 Å². The van der Waals surface area contributed by atoms with E-state index < -0.39 is 10.9 Å². The number of esters is 1. The quantitative estimate of drug-likeness (QED) is 0.300. The minimum absolute atomic E-state index is 0.0451. The van der Waals surface area contributed by atoms with E-state index in [0.29, 0.717) is 0 Å². The maximum atomic E-state index is 11.5. The van der Waals surface area contributed by atoms with Crippen LogP contribution in [0, 0.1) is 10.1 Å². The largest absolute Gasteiger partial charge is 0.512 e. The molecular formula is C11H10ClNO5. The molecule has 0 saturated carbocycles. The van der Waals surface area contributed by atoms with Gasteiger partial charge >= 0.3 is 5.97 Å². The zero-order valence-corrected chi connectivity index (χ0v) is 10.4. The lowest BCUT2D eigenvalue weighted by atomic mass is 10.0. The second-order valence-electron chi connectivity index (χ2n) is 3.37. The smallest absolute Gasteiger partial charge is 0.342 e. The minimum Gasteiger partial charge on any atom is -0.512 e. The van der Waals surface area contributed by atoms with Crippen molar-refractivity contribution >= 4 is 28.8 Å². The molecular weight excluding hydrogens is 262 g/mol. The normalized spacial score (nSPS) is 11.7. The monoisotopic (exact) mass is 271 g/mol. The van der Waals surface area contributed by atoms with E-state index in [-0.39, 0.29) is 27.6 Å². The van der Waals surface area contributed by atoms with Crippen LogP contribution in [0.3, 0.4) is 0 Å². The summed E-state index contributed by atoms with van der Waals surface area (Å²) in [7, 11) is 1.12. The number of methoxy groups -OCH3 is 1. The first-order valence-corrected chi connectivity index (χ1v) is 5.18. The van der Waals surface area contributed by atoms with Crippen LogP contribution in [0.2, 0.25) is 5.02 Å². The fraction of sp³-hybridized carbons (Fsp3) is 0.182. The molecule has 1 rings (SSSR count). The van der Waals surface area contributed by atoms with E-state index in [1.165, 1.54) is 19.1 Å². The van der Waals surface area contributed by atoms with Gasteiger partial charge in [0.1, 0.15) is 11.3 Å². The summed E-state index contributed by atoms with van der Waals surface area (Å²) < 4.78 is 4.48. The van der Waals surface area contributed by atoms with Crippen LogP contribution < -0.4 is 0 Å². The van der Waals surface area contributed by atoms with Crippen LogP contribution in [0.4, 0.5) is 5.69 Å². The number of nitrogens with zero attached hydrogens (tertiary/aromatic N) is 1. The summed E-state index contributed by atoms with van der Waals surface area (Å²) in [6.07, 6.45) is 0. The maximum Gasteiger partial charge on any atom is 0.342 e. The number of halogens is 1. The molecule has 0 radical (unpaired) electrons. The Balaban J connectivity index is 3.53. The van der Waals surface area contributed by atoms with Gasteiger partial charge in [0.05, 0.1) is 17.6 Å². The molecule has 0 spiro atoms. The number of allylic oxidation sites excluding steroid dienone is 1. The molecule has 0 aliphatic rings. The third-order valence-corrected chi connectivity index (χ3v) is 2.41. The van der Waals surface area contributed by atoms with Crippen LogP contribution in [-0.4, -0.2) is 23.1 Å². The molecule has 1 aromatic rings. The molecule has 18 heavy (non-hydrogen) atoms. The lowest BCUT2D eigenvalue weighted by molar-refractivity contribution is -0.385. The Bertz CT molecular complexity index is 534. The van der Waals surface area contributed by atoms with Gasteiger partial charge in [-0.15, -0.1) is 0 Å². The first-order valence-electron chi connectivity index (χ1n) is 4.81. The molecule has 0 saturated heterocycles. The number of ether oxygens (including phenoxy) is 1. The maximum absolute atomic E-state index is 11.5. The summed E-state index contributed by atoms with van der Waals surface area (Å²) in [6, 6.07) is 3.77. The zero-order chi connectivity index (χ0) is 13.9. The zero-order valence-electron chi connectivity index (χ0n) is 9.64. The Morgan fingerprint density at radius 2 is 2.11 bits per heavy atom. The van der Waals surface area contributed by atoms with Gasteiger partial charge in [-0.2, -0.15) is 0 Å². The molecule has 1 aromatic carbocycles. The van der Waals surface area contributed by atoms with Gasteiger partial charge in [0.25, 0.3) is 5.69 Å². The molecule has 96 valence electrons. The third-order valence-electron chi connectivity index (χ3n) is 2.18. The molecule has 1 N–H and O–H groups in total. The predicted molar refractivity (Wildman–Crippen MR) is 65.3 cm³/mol. The summed E-state index contributed by atoms with van der Waals surface area (Å²) in [6.45, 7) is 1.24. The highest BCUT2D eigenvalue weighted by Crippen LogP contribution is 2.31. The van der Waals surface area contributed by atoms with Crippen LogP contribution in [0.15, 0.2) is 24.0 Å². The average molecular weight is 272 g/mol. The Kier molecular flexibility index (Phi) is 4.28. The van der Waals surface area contributed by atoms with Gasteiger partial charge in [-0.05, 0) is 19.1 Å². The average Bonchev–Trinajstić information content (AvgIpc) is 2.30. The molecule has 0 aliphatic heterocycles. The first kappa shape index (κ1) is 14.0. The number of aliphatic hydroxyl groups is 1. The van der Waals surface area contributed by atoms with Crippen LogP contribution in [-0.2, 0) is 9.53 Å². The SMILES string of the molecule is COC(=O)C(=C(C)O)c1ccc(Cl)cc1[N+](=O)[O-]. The summed E-state index contributed by atoms with van der Waals surface area (Å²) >= 11 is 5.66. The van der Waals surface area contributed by atoms with Crippen molar-refractivity contribution < 1.29 is 19.6 Å². The first-order chi connectivity index (χ1) is 8.38. The summed E-state index contributed by atoms with van der Waals surface area (Å²) in [5.41, 5.74) is -0.687. The number of carbonyl (C=O) groups is 1. The van der Waals surface area contributed by atoms with E-state index in [4.69, 9.17) is 11.6 Å². The fourth-order valence-corrected chi connectivity index (χ4v) is 1.59. The lowest BCUT2D eigenvalue weighted by Gasteiger charge is -2.07. The summed E-state index contributed by atoms with van der Waals surface area (Å²) in [5, 5.41) is 20.5. The Labute approximate surface area is 108 Å². The summed E-state index contributed by atoms with van der Waals surface area (Å²) in [5.74, 6) is -1.23. The number of hydrogen-bond acceptors (Lipinski definition) is 5. The van der Waals surface area contributed by atoms with Crippen LogP contribution in [0.5, 0.6) is 0 Å². The molecule has 0 unspecified atom stereocenters. The van der Waals surface area contributed by atoms with Crippen molar-refractivity contribution in [3.05, 3.63) is 44.7 Å². The van der Waals surface area contributed by atoms with Gasteiger partial charge in [0, 0.05) is 11.1 Å². The molecule has 0 aromatic heterocycles. The topological polar surface area (TPSA) is 89.7 Å². The van der Waals surface area contributed by atoms with Gasteiger partial charge in [0.2, 0.25) is 0 Å². The van der Waals surface area contributed by atoms with Crippen molar-refractivity contribution in [2.75, 3.05) is 7.11 Å². The fourth-order valence-electron chi connectivity index (χ4n) is 1.42. The molecule has 7 heteroatoms. The Morgan fingerprint density at radius 1 is 1.50 bits per heavy atom. The number of aliphatic hydroxyl groups excluding tert-OH is 1. The molecule has 0 fully saturated rings. The van der Waals surface area contributed by atoms with Gasteiger partial charge in [0.15, 0.2) is 0 Å². The van der Waals surface area contributed by atoms with Gasteiger partial charge < -0.3 is 9.84 Å². The minimum atomic E-state index is -0.861. The standard InChI is InChI=1S/C11H10ClNO5/c1-6(14)10(11(15)18-2)8-4-3-7(12)5-9(8)13(16)17/h3-5,14H,1-2H3. The van der Waals surface area contributed by atoms with Crippen LogP contribution in [0.1, 0.15) is 12.5 Å². The van der Waals surface area contributed by atoms with Gasteiger partial charge in [-0.25, -0.2) is 4.79 Å². The van der Waals surface area contributed by atoms with Crippen LogP contribution >= 0.6 is 11.6 Å². The van der Waals surface area contributed by atoms with Crippen molar-refractivity contribution in [1.82, 2.24) is 0 Å². The second-order valence-corrected chi connectivity index (χ2v) is 3.81. The number of nitro benzene ring substituents is 1. The number of nitro groups is 1. The van der Waals surface area contributed by atoms with Gasteiger partial charge in [-0.3, -0.25) is 10.1 Å². The van der Waals surface area contributed by atoms with Crippen molar-refractivity contribution in [2.45, 2.75) is 6.92 Å². The van der Waals surface area contributed by atoms with Crippen molar-refractivity contribution in [3.63, 3.8) is 0 Å². The highest BCUT2D eigenvalue weighted by Gasteiger charge is 2.25. The number of carbonyl (C=O) groups excluding carboxylic acids is 1. The molecule has 0 aliphatic carbocycles. The highest BCUT2D eigenvalue weighted by atomic mass is 35.5. The third kappa shape index (κ3) is 2.78. The van der Waals surface area contributed by atoms with Crippen molar-refractivity contribution in [3.8, 4) is 0 Å². The Hall–Kier alpha value is -2.08. The van der Waals surface area contributed by atoms with E-state index in [0.717, 1.165) is 13.2 Å². The Morgan fingerprint density at radius 3 is 2.56 bits per heavy atom. The molecule has 6 nitrogen and oxygen atoms in total.